The van der Waals surface area contributed by atoms with Gasteiger partial charge in [-0.25, -0.2) is 4.98 Å². The van der Waals surface area contributed by atoms with E-state index in [1.165, 1.54) is 6.33 Å². The molecule has 0 unspecified atom stereocenters. The van der Waals surface area contributed by atoms with Gasteiger partial charge in [-0.1, -0.05) is 0 Å². The first-order valence-corrected chi connectivity index (χ1v) is 16.1. The van der Waals surface area contributed by atoms with Crippen molar-refractivity contribution in [2.75, 3.05) is 19.6 Å². The molecule has 6 rings (SSSR count). The van der Waals surface area contributed by atoms with E-state index in [0.717, 1.165) is 61.1 Å². The van der Waals surface area contributed by atoms with Crippen molar-refractivity contribution in [1.29, 1.82) is 5.26 Å². The number of hydrogen-bond donors (Lipinski definition) is 2. The molecule has 0 amide bonds. The number of fused-ring (bicyclic) bond motifs is 1. The van der Waals surface area contributed by atoms with Crippen LogP contribution in [0, 0.1) is 11.3 Å². The van der Waals surface area contributed by atoms with Crippen LogP contribution in [0.3, 0.4) is 0 Å². The number of likely N-dealkylation sites (tertiary alicyclic amines) is 1. The Kier molecular flexibility index (Phi) is 8.05. The maximum atomic E-state index is 13.4. The summed E-state index contributed by atoms with van der Waals surface area (Å²) in [6, 6.07) is 6.41. The summed E-state index contributed by atoms with van der Waals surface area (Å²) in [5, 5.41) is 18.3. The molecule has 1 aliphatic heterocycles. The Hall–Kier alpha value is -3.33. The number of nitrogens with zero attached hydrogens (tertiary/aromatic N) is 8. The molecular weight excluding hydrogens is 608 g/mol. The summed E-state index contributed by atoms with van der Waals surface area (Å²) in [5.41, 5.74) is 2.49. The van der Waals surface area contributed by atoms with Gasteiger partial charge in [0.2, 0.25) is 0 Å². The molecule has 0 aromatic carbocycles. The van der Waals surface area contributed by atoms with Crippen molar-refractivity contribution >= 4 is 31.3 Å². The number of H-pyrrole nitrogens is 1. The number of halogens is 3. The molecule has 4 aromatic heterocycles. The van der Waals surface area contributed by atoms with Gasteiger partial charge in [0.1, 0.15) is 12.0 Å². The Morgan fingerprint density at radius 2 is 2.02 bits per heavy atom. The van der Waals surface area contributed by atoms with Crippen molar-refractivity contribution in [3.8, 4) is 17.3 Å². The van der Waals surface area contributed by atoms with Gasteiger partial charge in [-0.05, 0) is 6.07 Å². The minimum atomic E-state index is -4.56. The zero-order valence-corrected chi connectivity index (χ0v) is 25.0. The van der Waals surface area contributed by atoms with Gasteiger partial charge in [0.25, 0.3) is 0 Å². The summed E-state index contributed by atoms with van der Waals surface area (Å²) >= 11 is -0.508. The van der Waals surface area contributed by atoms with Gasteiger partial charge in [0.15, 0.2) is 0 Å². The van der Waals surface area contributed by atoms with Crippen molar-refractivity contribution in [2.45, 2.75) is 68.0 Å². The summed E-state index contributed by atoms with van der Waals surface area (Å²) in [6.07, 6.45) is 6.50. The predicted molar refractivity (Wildman–Crippen MR) is 151 cm³/mol. The van der Waals surface area contributed by atoms with E-state index in [1.54, 1.807) is 12.3 Å². The first-order chi connectivity index (χ1) is 20.3. The van der Waals surface area contributed by atoms with Crippen LogP contribution in [0.1, 0.15) is 50.5 Å². The molecule has 5 heterocycles. The van der Waals surface area contributed by atoms with Gasteiger partial charge >= 0.3 is 214 Å². The Morgan fingerprint density at radius 3 is 2.76 bits per heavy atom. The van der Waals surface area contributed by atoms with Crippen LogP contribution in [0.25, 0.3) is 22.3 Å². The van der Waals surface area contributed by atoms with Gasteiger partial charge in [0.05, 0.1) is 0 Å². The molecule has 0 spiro atoms. The second-order valence-electron chi connectivity index (χ2n) is 11.0. The zero-order valence-electron chi connectivity index (χ0n) is 23.1. The van der Waals surface area contributed by atoms with E-state index in [2.05, 4.69) is 46.3 Å². The van der Waals surface area contributed by atoms with Crippen LogP contribution >= 0.6 is 0 Å². The van der Waals surface area contributed by atoms with Crippen LogP contribution in [0.4, 0.5) is 13.2 Å². The van der Waals surface area contributed by atoms with Crippen molar-refractivity contribution in [2.24, 2.45) is 0 Å². The standard InChI is InChI=1S/C28H31AsF3N10/c1-2-34-15-20-11-23(40-26(39-20)28(30,31)32)29-19-4-9-41(10-5-19)21-12-27(13-21,6-7-33)42-16-18(14-38-42)24-22-3-8-35-25(22)37-17-36-24/h3,8,11,14,16-17,19,21,34H,2,4-6,9-10,12-13,15H2,1H3,(H,35,36,37). The molecule has 42 heavy (non-hydrogen) atoms. The molecule has 0 atom stereocenters. The van der Waals surface area contributed by atoms with Crippen LogP contribution in [0.15, 0.2) is 37.1 Å². The maximum absolute atomic E-state index is 13.4. The third-order valence-corrected chi connectivity index (χ3v) is 11.1. The molecule has 219 valence electrons. The van der Waals surface area contributed by atoms with E-state index in [9.17, 15) is 18.4 Å². The number of nitriles is 1. The fraction of sp³-hybridized carbons (Fsp3) is 0.500. The van der Waals surface area contributed by atoms with Crippen LogP contribution in [0.2, 0.25) is 4.71 Å². The fourth-order valence-electron chi connectivity index (χ4n) is 6.03. The van der Waals surface area contributed by atoms with Crippen molar-refractivity contribution in [1.82, 2.24) is 44.9 Å². The number of nitrogens with one attached hydrogen (secondary N) is 2. The van der Waals surface area contributed by atoms with Crippen molar-refractivity contribution in [3.63, 3.8) is 0 Å². The monoisotopic (exact) mass is 639 g/mol. The SMILES string of the molecule is CCNCc1cc([As]C2CCN(C3CC(CC#N)(n4cc(-c5ncnc6[nH]ccc56)cn4)C3)CC2)nc(C(F)(F)F)n1. The number of rotatable bonds is 9. The summed E-state index contributed by atoms with van der Waals surface area (Å²) in [7, 11) is 0. The number of aromatic nitrogens is 7. The number of hydrogen-bond acceptors (Lipinski definition) is 8. The average molecular weight is 640 g/mol. The van der Waals surface area contributed by atoms with Gasteiger partial charge in [-0.2, -0.15) is 0 Å². The third-order valence-electron chi connectivity index (χ3n) is 8.24. The summed E-state index contributed by atoms with van der Waals surface area (Å²) < 4.78 is 43.2. The van der Waals surface area contributed by atoms with Crippen molar-refractivity contribution < 1.29 is 13.2 Å². The summed E-state index contributed by atoms with van der Waals surface area (Å²) in [4.78, 5) is 22.0. The third kappa shape index (κ3) is 5.80. The molecule has 1 saturated heterocycles. The Bertz CT molecular complexity index is 1580. The first kappa shape index (κ1) is 28.8. The molecule has 1 saturated carbocycles. The number of piperidine rings is 1. The second-order valence-corrected chi connectivity index (χ2v) is 14.0. The van der Waals surface area contributed by atoms with Crippen LogP contribution in [-0.4, -0.2) is 81.0 Å². The van der Waals surface area contributed by atoms with E-state index >= 15 is 0 Å². The Morgan fingerprint density at radius 1 is 1.21 bits per heavy atom. The second kappa shape index (κ2) is 11.7. The molecule has 2 aliphatic rings. The molecule has 0 bridgehead atoms. The topological polar surface area (TPSA) is 124 Å². The molecule has 10 nitrogen and oxygen atoms in total. The van der Waals surface area contributed by atoms with Gasteiger partial charge in [-0.15, -0.1) is 0 Å². The zero-order chi connectivity index (χ0) is 29.3. The Labute approximate surface area is 247 Å². The van der Waals surface area contributed by atoms with E-state index < -0.39 is 27.8 Å². The normalized spacial score (nSPS) is 22.1. The van der Waals surface area contributed by atoms with Gasteiger partial charge in [-0.3, -0.25) is 0 Å². The molecule has 14 heteroatoms. The van der Waals surface area contributed by atoms with E-state index in [0.29, 0.717) is 40.4 Å². The minimum absolute atomic E-state index is 0.300. The molecule has 4 aromatic rings. The van der Waals surface area contributed by atoms with Gasteiger partial charge < -0.3 is 4.98 Å². The first-order valence-electron chi connectivity index (χ1n) is 14.1. The number of aromatic amines is 1. The average Bonchev–Trinajstić information content (AvgIpc) is 3.64. The van der Waals surface area contributed by atoms with Crippen LogP contribution < -0.4 is 9.80 Å². The molecule has 1 aliphatic carbocycles. The van der Waals surface area contributed by atoms with E-state index in [4.69, 9.17) is 0 Å². The molecular formula is C28H31AsF3N10. The summed E-state index contributed by atoms with van der Waals surface area (Å²) in [5.74, 6) is -1.04. The van der Waals surface area contributed by atoms with Crippen LogP contribution in [-0.2, 0) is 18.3 Å². The molecule has 2 N–H and O–H groups in total. The number of alkyl halides is 3. The van der Waals surface area contributed by atoms with E-state index in [1.807, 2.05) is 30.1 Å². The van der Waals surface area contributed by atoms with Gasteiger partial charge in [0, 0.05) is 6.20 Å². The molecule has 1 radical (unpaired) electrons. The molecule has 2 fully saturated rings. The Balaban J connectivity index is 1.09. The summed E-state index contributed by atoms with van der Waals surface area (Å²) in [6.45, 7) is 4.65. The van der Waals surface area contributed by atoms with E-state index in [-0.39, 0.29) is 5.54 Å². The fourth-order valence-corrected chi connectivity index (χ4v) is 8.63. The van der Waals surface area contributed by atoms with Crippen molar-refractivity contribution in [3.05, 3.63) is 48.6 Å². The van der Waals surface area contributed by atoms with Crippen LogP contribution in [0.5, 0.6) is 0 Å². The quantitative estimate of drug-likeness (QED) is 0.267. The predicted octanol–water partition coefficient (Wildman–Crippen LogP) is 3.43.